The third kappa shape index (κ3) is 5.55. The van der Waals surface area contributed by atoms with E-state index in [2.05, 4.69) is 10.1 Å². The third-order valence-corrected chi connectivity index (χ3v) is 8.18. The number of anilines is 1. The Bertz CT molecular complexity index is 1260. The van der Waals surface area contributed by atoms with Gasteiger partial charge in [0.1, 0.15) is 40.3 Å². The molecule has 37 heavy (non-hydrogen) atoms. The Kier molecular flexibility index (Phi) is 7.46. The molecule has 1 aliphatic heterocycles. The first-order chi connectivity index (χ1) is 17.3. The van der Waals surface area contributed by atoms with Crippen LogP contribution in [0.2, 0.25) is 0 Å². The van der Waals surface area contributed by atoms with Crippen LogP contribution < -0.4 is 21.0 Å². The summed E-state index contributed by atoms with van der Waals surface area (Å²) in [4.78, 5) is 27.0. The van der Waals surface area contributed by atoms with E-state index in [1.807, 2.05) is 0 Å². The van der Waals surface area contributed by atoms with Crippen molar-refractivity contribution < 1.29 is 33.0 Å². The summed E-state index contributed by atoms with van der Waals surface area (Å²) < 4.78 is 37.8. The normalized spacial score (nSPS) is 31.2. The zero-order valence-corrected chi connectivity index (χ0v) is 22.4. The number of aromatic nitrogens is 2. The van der Waals surface area contributed by atoms with Gasteiger partial charge in [-0.05, 0) is 45.9 Å². The second-order valence-corrected chi connectivity index (χ2v) is 12.0. The number of nitrogens with one attached hydrogen (secondary N) is 1. The van der Waals surface area contributed by atoms with Crippen molar-refractivity contribution >= 4 is 31.1 Å². The molecule has 1 spiro atoms. The minimum absolute atomic E-state index is 0.0219. The Hall–Kier alpha value is -2.47. The van der Waals surface area contributed by atoms with Crippen molar-refractivity contribution in [1.29, 1.82) is 0 Å². The highest BCUT2D eigenvalue weighted by Gasteiger charge is 2.75. The smallest absolute Gasteiger partial charge is 0.459 e. The molecule has 0 unspecified atom stereocenters. The van der Waals surface area contributed by atoms with E-state index in [9.17, 15) is 19.3 Å². The van der Waals surface area contributed by atoms with Crippen LogP contribution in [0.15, 0.2) is 47.4 Å². The highest BCUT2D eigenvalue weighted by molar-refractivity contribution is 7.52. The van der Waals surface area contributed by atoms with Crippen molar-refractivity contribution in [3.05, 3.63) is 53.1 Å². The quantitative estimate of drug-likeness (QED) is 0.236. The molecule has 1 aromatic carbocycles. The van der Waals surface area contributed by atoms with Crippen molar-refractivity contribution in [3.8, 4) is 5.75 Å². The number of halogens is 1. The Balaban J connectivity index is 1.58. The van der Waals surface area contributed by atoms with E-state index in [1.165, 1.54) is 26.1 Å². The molecule has 0 bridgehead atoms. The number of carbonyl (C=O) groups excluding carboxylic acids is 1. The fourth-order valence-corrected chi connectivity index (χ4v) is 6.25. The number of ether oxygens (including phenoxy) is 2. The molecule has 2 heterocycles. The molecule has 0 radical (unpaired) electrons. The van der Waals surface area contributed by atoms with Crippen molar-refractivity contribution in [2.75, 3.05) is 5.73 Å². The fourth-order valence-electron chi connectivity index (χ4n) is 4.19. The van der Waals surface area contributed by atoms with Gasteiger partial charge in [0, 0.05) is 12.6 Å². The summed E-state index contributed by atoms with van der Waals surface area (Å²) in [5, 5.41) is 13.7. The van der Waals surface area contributed by atoms with Crippen LogP contribution in [0.25, 0.3) is 0 Å². The van der Waals surface area contributed by atoms with Gasteiger partial charge in [-0.2, -0.15) is 10.1 Å². The Morgan fingerprint density at radius 1 is 1.32 bits per heavy atom. The number of esters is 1. The predicted octanol–water partition coefficient (Wildman–Crippen LogP) is 2.36. The lowest BCUT2D eigenvalue weighted by Crippen LogP contribution is -2.43. The summed E-state index contributed by atoms with van der Waals surface area (Å²) in [6.07, 6.45) is -2.31. The number of aliphatic hydroxyl groups is 1. The maximum Gasteiger partial charge on any atom is 0.459 e. The van der Waals surface area contributed by atoms with Gasteiger partial charge in [-0.25, -0.2) is 9.36 Å². The number of rotatable bonds is 9. The van der Waals surface area contributed by atoms with Gasteiger partial charge in [-0.3, -0.25) is 13.9 Å². The van der Waals surface area contributed by atoms with E-state index in [0.29, 0.717) is 0 Å². The lowest BCUT2D eigenvalue weighted by molar-refractivity contribution is -0.149. The van der Waals surface area contributed by atoms with E-state index >= 15 is 0 Å². The fraction of sp³-hybridized carbons (Fsp3) is 0.522. The molecule has 7 atom stereocenters. The highest BCUT2D eigenvalue weighted by atomic mass is 35.5. The lowest BCUT2D eigenvalue weighted by Gasteiger charge is -2.26. The largest absolute Gasteiger partial charge is 0.462 e. The molecule has 1 saturated heterocycles. The Morgan fingerprint density at radius 2 is 2.00 bits per heavy atom. The minimum Gasteiger partial charge on any atom is -0.462 e. The number of aliphatic hydroxyl groups excluding tert-OH is 1. The number of nitrogens with zero attached hydrogens (tertiary/aromatic N) is 2. The average molecular weight is 557 g/mol. The molecule has 2 aromatic rings. The first-order valence-corrected chi connectivity index (χ1v) is 13.6. The van der Waals surface area contributed by atoms with Crippen molar-refractivity contribution in [1.82, 2.24) is 14.6 Å². The molecule has 1 aromatic heterocycles. The molecule has 1 saturated carbocycles. The number of carbonyl (C=O) groups is 1. The van der Waals surface area contributed by atoms with E-state index in [4.69, 9.17) is 35.9 Å². The summed E-state index contributed by atoms with van der Waals surface area (Å²) in [5.74, 6) is -0.403. The molecule has 2 fully saturated rings. The van der Waals surface area contributed by atoms with Crippen LogP contribution >= 0.6 is 19.3 Å². The molecular weight excluding hydrogens is 527 g/mol. The zero-order valence-electron chi connectivity index (χ0n) is 20.7. The van der Waals surface area contributed by atoms with Gasteiger partial charge < -0.3 is 24.8 Å². The van der Waals surface area contributed by atoms with Crippen LogP contribution in [0.1, 0.15) is 40.3 Å². The standard InChI is InChI=1S/C23H30ClN4O8P/c1-13(2)33-18(29)14(3)27-37(32,35-15-8-6-5-7-9-15)36-16-12-23(16)19(30)22(4,24)20(34-23)28-11-10-17(25)26-21(28)31/h5-11,13-14,16,19-20,30H,12H2,1-4H3,(H,27,32)(H2,25,26,31)/t14-,16+,19+,20-,22-,23+,37+/m1/s1. The molecule has 4 rings (SSSR count). The average Bonchev–Trinajstić information content (AvgIpc) is 3.44. The zero-order chi connectivity index (χ0) is 27.2. The van der Waals surface area contributed by atoms with Crippen LogP contribution in [-0.2, 0) is 23.4 Å². The molecule has 1 aliphatic carbocycles. The van der Waals surface area contributed by atoms with Gasteiger partial charge in [0.2, 0.25) is 0 Å². The van der Waals surface area contributed by atoms with Crippen molar-refractivity contribution in [2.45, 2.75) is 75.2 Å². The third-order valence-electron chi connectivity index (χ3n) is 6.10. The minimum atomic E-state index is -4.23. The number of hydrogen-bond donors (Lipinski definition) is 3. The number of benzene rings is 1. The van der Waals surface area contributed by atoms with Gasteiger partial charge in [-0.1, -0.05) is 18.2 Å². The van der Waals surface area contributed by atoms with Crippen LogP contribution in [0.5, 0.6) is 5.75 Å². The molecule has 2 aliphatic rings. The summed E-state index contributed by atoms with van der Waals surface area (Å²) in [6.45, 7) is 6.36. The Morgan fingerprint density at radius 3 is 2.62 bits per heavy atom. The van der Waals surface area contributed by atoms with Crippen molar-refractivity contribution in [3.63, 3.8) is 0 Å². The van der Waals surface area contributed by atoms with E-state index in [-0.39, 0.29) is 24.1 Å². The van der Waals surface area contributed by atoms with Gasteiger partial charge in [0.15, 0.2) is 6.23 Å². The summed E-state index contributed by atoms with van der Waals surface area (Å²) in [6, 6.07) is 8.62. The van der Waals surface area contributed by atoms with E-state index < -0.39 is 54.4 Å². The second-order valence-electron chi connectivity index (χ2n) is 9.56. The second kappa shape index (κ2) is 10.0. The summed E-state index contributed by atoms with van der Waals surface area (Å²) in [7, 11) is -4.23. The topological polar surface area (TPSA) is 164 Å². The van der Waals surface area contributed by atoms with E-state index in [1.54, 1.807) is 44.2 Å². The number of nitrogens with two attached hydrogens (primary N) is 1. The number of alkyl halides is 1. The van der Waals surface area contributed by atoms with Crippen LogP contribution in [0, 0.1) is 0 Å². The molecule has 0 amide bonds. The summed E-state index contributed by atoms with van der Waals surface area (Å²) >= 11 is 6.67. The molecule has 4 N–H and O–H groups in total. The van der Waals surface area contributed by atoms with Crippen LogP contribution in [0.3, 0.4) is 0 Å². The lowest BCUT2D eigenvalue weighted by atomic mass is 9.99. The van der Waals surface area contributed by atoms with Gasteiger partial charge in [0.05, 0.1) is 6.10 Å². The van der Waals surface area contributed by atoms with Gasteiger partial charge in [-0.15, -0.1) is 11.6 Å². The molecular formula is C23H30ClN4O8P. The summed E-state index contributed by atoms with van der Waals surface area (Å²) in [5.41, 5.74) is 3.48. The SMILES string of the molecule is CC(C)OC(=O)[C@@H](C)N[P@](=O)(Oc1ccccc1)O[C@H]1C[C@]12O[C@@H](n1ccc(N)nc1=O)[C@](C)(Cl)[C@@H]2O. The first kappa shape index (κ1) is 27.6. The predicted molar refractivity (Wildman–Crippen MR) is 134 cm³/mol. The maximum absolute atomic E-state index is 13.9. The van der Waals surface area contributed by atoms with Crippen molar-refractivity contribution in [2.24, 2.45) is 0 Å². The van der Waals surface area contributed by atoms with Gasteiger partial charge in [0.25, 0.3) is 0 Å². The van der Waals surface area contributed by atoms with E-state index in [0.717, 1.165) is 4.57 Å². The number of para-hydroxylation sites is 1. The molecule has 202 valence electrons. The number of hydrogen-bond acceptors (Lipinski definition) is 10. The Labute approximate surface area is 218 Å². The molecule has 14 heteroatoms. The van der Waals surface area contributed by atoms with Crippen LogP contribution in [-0.4, -0.2) is 55.5 Å². The highest BCUT2D eigenvalue weighted by Crippen LogP contribution is 2.63. The number of nitrogen functional groups attached to an aromatic ring is 1. The first-order valence-electron chi connectivity index (χ1n) is 11.7. The molecule has 12 nitrogen and oxygen atoms in total. The monoisotopic (exact) mass is 556 g/mol. The van der Waals surface area contributed by atoms with Crippen LogP contribution in [0.4, 0.5) is 5.82 Å². The van der Waals surface area contributed by atoms with Gasteiger partial charge >= 0.3 is 19.4 Å². The maximum atomic E-state index is 13.9.